The van der Waals surface area contributed by atoms with Crippen LogP contribution >= 0.6 is 0 Å². The van der Waals surface area contributed by atoms with Gasteiger partial charge in [-0.3, -0.25) is 0 Å². The molecule has 0 aliphatic heterocycles. The van der Waals surface area contributed by atoms with Crippen molar-refractivity contribution in [2.75, 3.05) is 0 Å². The summed E-state index contributed by atoms with van der Waals surface area (Å²) in [5.41, 5.74) is 6.42. The van der Waals surface area contributed by atoms with E-state index in [9.17, 15) is 13.2 Å². The predicted octanol–water partition coefficient (Wildman–Crippen LogP) is 2.78. The van der Waals surface area contributed by atoms with Gasteiger partial charge >= 0.3 is 6.18 Å². The van der Waals surface area contributed by atoms with Gasteiger partial charge in [-0.15, -0.1) is 0 Å². The van der Waals surface area contributed by atoms with Crippen LogP contribution in [-0.4, -0.2) is 15.8 Å². The van der Waals surface area contributed by atoms with Crippen LogP contribution in [0.15, 0.2) is 36.5 Å². The fraction of sp³-hybridized carbons (Fsp3) is 0.308. The third-order valence-corrected chi connectivity index (χ3v) is 2.64. The lowest BCUT2D eigenvalue weighted by atomic mass is 10.1. The van der Waals surface area contributed by atoms with Gasteiger partial charge in [-0.05, 0) is 37.1 Å². The van der Waals surface area contributed by atoms with Crippen molar-refractivity contribution >= 4 is 0 Å². The van der Waals surface area contributed by atoms with Gasteiger partial charge in [-0.2, -0.15) is 18.3 Å². The molecule has 1 aromatic carbocycles. The Labute approximate surface area is 108 Å². The first-order valence-electron chi connectivity index (χ1n) is 5.84. The second kappa shape index (κ2) is 5.05. The smallest absolute Gasteiger partial charge is 0.328 e. The molecule has 1 unspecified atom stereocenters. The molecule has 1 heterocycles. The molecule has 0 saturated heterocycles. The number of halogens is 3. The van der Waals surface area contributed by atoms with Gasteiger partial charge in [0.15, 0.2) is 5.69 Å². The van der Waals surface area contributed by atoms with Crippen molar-refractivity contribution < 1.29 is 13.2 Å². The van der Waals surface area contributed by atoms with Gasteiger partial charge in [0.25, 0.3) is 0 Å². The van der Waals surface area contributed by atoms with Gasteiger partial charge in [0, 0.05) is 12.2 Å². The standard InChI is InChI=1S/C13H14F3N3/c1-9(17)8-10-2-4-11(5-3-10)19-7-6-12(18-19)13(14,15)16/h2-7,9H,8,17H2,1H3. The van der Waals surface area contributed by atoms with E-state index in [1.54, 1.807) is 12.1 Å². The Bertz CT molecular complexity index is 541. The molecule has 0 fully saturated rings. The molecular formula is C13H14F3N3. The summed E-state index contributed by atoms with van der Waals surface area (Å²) in [7, 11) is 0. The average molecular weight is 269 g/mol. The fourth-order valence-corrected chi connectivity index (χ4v) is 1.78. The quantitative estimate of drug-likeness (QED) is 0.931. The van der Waals surface area contributed by atoms with Crippen LogP contribution in [-0.2, 0) is 12.6 Å². The number of aromatic nitrogens is 2. The molecule has 0 spiro atoms. The zero-order valence-electron chi connectivity index (χ0n) is 10.4. The monoisotopic (exact) mass is 269 g/mol. The summed E-state index contributed by atoms with van der Waals surface area (Å²) in [4.78, 5) is 0. The molecule has 2 aromatic rings. The van der Waals surface area contributed by atoms with Gasteiger partial charge in [0.05, 0.1) is 5.69 Å². The van der Waals surface area contributed by atoms with Gasteiger partial charge in [0.2, 0.25) is 0 Å². The second-order valence-electron chi connectivity index (χ2n) is 4.49. The highest BCUT2D eigenvalue weighted by atomic mass is 19.4. The number of hydrogen-bond donors (Lipinski definition) is 1. The van der Waals surface area contributed by atoms with Crippen molar-refractivity contribution in [3.8, 4) is 5.69 Å². The van der Waals surface area contributed by atoms with Crippen molar-refractivity contribution in [3.63, 3.8) is 0 Å². The van der Waals surface area contributed by atoms with Gasteiger partial charge in [0.1, 0.15) is 0 Å². The van der Waals surface area contributed by atoms with E-state index < -0.39 is 11.9 Å². The maximum Gasteiger partial charge on any atom is 0.435 e. The zero-order valence-corrected chi connectivity index (χ0v) is 10.4. The zero-order chi connectivity index (χ0) is 14.0. The van der Waals surface area contributed by atoms with E-state index >= 15 is 0 Å². The number of nitrogens with two attached hydrogens (primary N) is 1. The van der Waals surface area contributed by atoms with Crippen molar-refractivity contribution in [2.45, 2.75) is 25.6 Å². The molecule has 0 bridgehead atoms. The summed E-state index contributed by atoms with van der Waals surface area (Å²) >= 11 is 0. The number of rotatable bonds is 3. The highest BCUT2D eigenvalue weighted by molar-refractivity contribution is 5.34. The first-order chi connectivity index (χ1) is 8.86. The largest absolute Gasteiger partial charge is 0.435 e. The maximum absolute atomic E-state index is 12.4. The van der Waals surface area contributed by atoms with Crippen LogP contribution in [0.5, 0.6) is 0 Å². The molecular weight excluding hydrogens is 255 g/mol. The molecule has 102 valence electrons. The van der Waals surface area contributed by atoms with Gasteiger partial charge < -0.3 is 5.73 Å². The number of hydrogen-bond acceptors (Lipinski definition) is 2. The lowest BCUT2D eigenvalue weighted by Crippen LogP contribution is -2.17. The van der Waals surface area contributed by atoms with E-state index in [0.29, 0.717) is 5.69 Å². The summed E-state index contributed by atoms with van der Waals surface area (Å²) in [5.74, 6) is 0. The lowest BCUT2D eigenvalue weighted by molar-refractivity contribution is -0.141. The van der Waals surface area contributed by atoms with E-state index in [4.69, 9.17) is 5.73 Å². The molecule has 0 radical (unpaired) electrons. The summed E-state index contributed by atoms with van der Waals surface area (Å²) in [5, 5.41) is 3.51. The summed E-state index contributed by atoms with van der Waals surface area (Å²) < 4.78 is 38.5. The third-order valence-electron chi connectivity index (χ3n) is 2.64. The van der Waals surface area contributed by atoms with E-state index in [1.165, 1.54) is 10.9 Å². The lowest BCUT2D eigenvalue weighted by Gasteiger charge is -2.07. The molecule has 1 atom stereocenters. The summed E-state index contributed by atoms with van der Waals surface area (Å²) in [6.45, 7) is 1.90. The summed E-state index contributed by atoms with van der Waals surface area (Å²) in [6.07, 6.45) is -2.39. The molecule has 2 N–H and O–H groups in total. The molecule has 0 aliphatic rings. The van der Waals surface area contributed by atoms with Crippen LogP contribution in [0.2, 0.25) is 0 Å². The molecule has 2 rings (SSSR count). The topological polar surface area (TPSA) is 43.8 Å². The molecule has 0 amide bonds. The van der Waals surface area contributed by atoms with Crippen LogP contribution < -0.4 is 5.73 Å². The molecule has 6 heteroatoms. The third kappa shape index (κ3) is 3.35. The second-order valence-corrected chi connectivity index (χ2v) is 4.49. The molecule has 0 saturated carbocycles. The predicted molar refractivity (Wildman–Crippen MR) is 65.9 cm³/mol. The average Bonchev–Trinajstić information content (AvgIpc) is 2.78. The Kier molecular flexibility index (Phi) is 3.61. The van der Waals surface area contributed by atoms with Crippen LogP contribution in [0.25, 0.3) is 5.69 Å². The van der Waals surface area contributed by atoms with Crippen molar-refractivity contribution in [1.82, 2.24) is 9.78 Å². The van der Waals surface area contributed by atoms with E-state index in [2.05, 4.69) is 5.10 Å². The highest BCUT2D eigenvalue weighted by Crippen LogP contribution is 2.27. The first-order valence-corrected chi connectivity index (χ1v) is 5.84. The Hall–Kier alpha value is -1.82. The Balaban J connectivity index is 2.20. The fourth-order valence-electron chi connectivity index (χ4n) is 1.78. The van der Waals surface area contributed by atoms with E-state index in [-0.39, 0.29) is 6.04 Å². The number of benzene rings is 1. The Morgan fingerprint density at radius 3 is 2.32 bits per heavy atom. The highest BCUT2D eigenvalue weighted by Gasteiger charge is 2.33. The summed E-state index contributed by atoms with van der Waals surface area (Å²) in [6, 6.07) is 8.14. The van der Waals surface area contributed by atoms with Gasteiger partial charge in [-0.25, -0.2) is 4.68 Å². The minimum atomic E-state index is -4.42. The SMILES string of the molecule is CC(N)Cc1ccc(-n2ccc(C(F)(F)F)n2)cc1. The number of alkyl halides is 3. The van der Waals surface area contributed by atoms with E-state index in [0.717, 1.165) is 18.1 Å². The molecule has 0 aliphatic carbocycles. The maximum atomic E-state index is 12.4. The van der Waals surface area contributed by atoms with Crippen molar-refractivity contribution in [3.05, 3.63) is 47.8 Å². The number of nitrogens with zero attached hydrogens (tertiary/aromatic N) is 2. The van der Waals surface area contributed by atoms with Crippen LogP contribution in [0.4, 0.5) is 13.2 Å². The minimum Gasteiger partial charge on any atom is -0.328 e. The first kappa shape index (κ1) is 13.6. The normalized spacial score (nSPS) is 13.5. The molecule has 3 nitrogen and oxygen atoms in total. The van der Waals surface area contributed by atoms with Crippen LogP contribution in [0.3, 0.4) is 0 Å². The van der Waals surface area contributed by atoms with E-state index in [1.807, 2.05) is 19.1 Å². The Morgan fingerprint density at radius 1 is 1.21 bits per heavy atom. The molecule has 1 aromatic heterocycles. The van der Waals surface area contributed by atoms with Gasteiger partial charge in [-0.1, -0.05) is 12.1 Å². The van der Waals surface area contributed by atoms with Crippen molar-refractivity contribution in [2.24, 2.45) is 5.73 Å². The van der Waals surface area contributed by atoms with Crippen LogP contribution in [0.1, 0.15) is 18.2 Å². The minimum absolute atomic E-state index is 0.0485. The Morgan fingerprint density at radius 2 is 1.84 bits per heavy atom. The van der Waals surface area contributed by atoms with Crippen molar-refractivity contribution in [1.29, 1.82) is 0 Å². The van der Waals surface area contributed by atoms with Crippen LogP contribution in [0, 0.1) is 0 Å². The molecule has 19 heavy (non-hydrogen) atoms.